The summed E-state index contributed by atoms with van der Waals surface area (Å²) in [7, 11) is 0. The SMILES string of the molecule is Cc1ccc(C#N)c(OCCOCC(C)C)n1. The van der Waals surface area contributed by atoms with Gasteiger partial charge in [-0.1, -0.05) is 13.8 Å². The van der Waals surface area contributed by atoms with Gasteiger partial charge in [0, 0.05) is 12.3 Å². The maximum absolute atomic E-state index is 8.88. The summed E-state index contributed by atoms with van der Waals surface area (Å²) in [6, 6.07) is 5.56. The minimum Gasteiger partial charge on any atom is -0.474 e. The summed E-state index contributed by atoms with van der Waals surface area (Å²) in [5, 5.41) is 8.88. The highest BCUT2D eigenvalue weighted by molar-refractivity contribution is 5.38. The van der Waals surface area contributed by atoms with Crippen LogP contribution in [0.2, 0.25) is 0 Å². The largest absolute Gasteiger partial charge is 0.474 e. The third-order valence-corrected chi connectivity index (χ3v) is 2.04. The third-order valence-electron chi connectivity index (χ3n) is 2.04. The van der Waals surface area contributed by atoms with E-state index in [2.05, 4.69) is 24.9 Å². The molecule has 1 rings (SSSR count). The molecule has 0 saturated carbocycles. The molecule has 0 fully saturated rings. The zero-order valence-corrected chi connectivity index (χ0v) is 10.6. The zero-order chi connectivity index (χ0) is 12.7. The Hall–Kier alpha value is -1.60. The maximum Gasteiger partial charge on any atom is 0.231 e. The van der Waals surface area contributed by atoms with Crippen molar-refractivity contribution in [1.82, 2.24) is 4.98 Å². The quantitative estimate of drug-likeness (QED) is 0.709. The van der Waals surface area contributed by atoms with Crippen LogP contribution in [0.1, 0.15) is 25.1 Å². The fraction of sp³-hybridized carbons (Fsp3) is 0.538. The second kappa shape index (κ2) is 6.87. The lowest BCUT2D eigenvalue weighted by Crippen LogP contribution is -2.11. The summed E-state index contributed by atoms with van der Waals surface area (Å²) in [6.45, 7) is 7.70. The normalized spacial score (nSPS) is 10.3. The number of hydrogen-bond acceptors (Lipinski definition) is 4. The second-order valence-corrected chi connectivity index (χ2v) is 4.23. The van der Waals surface area contributed by atoms with Gasteiger partial charge in [0.15, 0.2) is 0 Å². The first-order valence-electron chi connectivity index (χ1n) is 5.71. The molecule has 92 valence electrons. The highest BCUT2D eigenvalue weighted by Gasteiger charge is 2.05. The first kappa shape index (κ1) is 13.5. The van der Waals surface area contributed by atoms with Crippen LogP contribution in [0.5, 0.6) is 5.88 Å². The molecule has 0 atom stereocenters. The van der Waals surface area contributed by atoms with E-state index in [4.69, 9.17) is 14.7 Å². The molecule has 0 unspecified atom stereocenters. The Labute approximate surface area is 102 Å². The van der Waals surface area contributed by atoms with E-state index in [1.165, 1.54) is 0 Å². The summed E-state index contributed by atoms with van der Waals surface area (Å²) >= 11 is 0. The van der Waals surface area contributed by atoms with Crippen LogP contribution < -0.4 is 4.74 Å². The molecule has 0 aliphatic rings. The summed E-state index contributed by atoms with van der Waals surface area (Å²) < 4.78 is 10.8. The van der Waals surface area contributed by atoms with Crippen LogP contribution in [0, 0.1) is 24.2 Å². The van der Waals surface area contributed by atoms with Crippen molar-refractivity contribution in [2.24, 2.45) is 5.92 Å². The first-order valence-corrected chi connectivity index (χ1v) is 5.71. The van der Waals surface area contributed by atoms with E-state index in [0.29, 0.717) is 30.6 Å². The van der Waals surface area contributed by atoms with Crippen LogP contribution in [0.15, 0.2) is 12.1 Å². The highest BCUT2D eigenvalue weighted by Crippen LogP contribution is 2.14. The predicted octanol–water partition coefficient (Wildman–Crippen LogP) is 2.31. The van der Waals surface area contributed by atoms with Gasteiger partial charge in [-0.25, -0.2) is 4.98 Å². The lowest BCUT2D eigenvalue weighted by Gasteiger charge is -2.09. The Balaban J connectivity index is 2.41. The van der Waals surface area contributed by atoms with Crippen LogP contribution in [0.4, 0.5) is 0 Å². The van der Waals surface area contributed by atoms with Crippen LogP contribution in [-0.4, -0.2) is 24.8 Å². The minimum atomic E-state index is 0.389. The Bertz CT molecular complexity index is 397. The van der Waals surface area contributed by atoms with Gasteiger partial charge in [-0.3, -0.25) is 0 Å². The molecule has 1 heterocycles. The fourth-order valence-electron chi connectivity index (χ4n) is 1.24. The highest BCUT2D eigenvalue weighted by atomic mass is 16.5. The van der Waals surface area contributed by atoms with Gasteiger partial charge in [0.05, 0.1) is 6.61 Å². The van der Waals surface area contributed by atoms with E-state index < -0.39 is 0 Å². The van der Waals surface area contributed by atoms with Gasteiger partial charge in [-0.15, -0.1) is 0 Å². The summed E-state index contributed by atoms with van der Waals surface area (Å²) in [4.78, 5) is 4.18. The molecule has 1 aromatic rings. The molecule has 0 aliphatic carbocycles. The van der Waals surface area contributed by atoms with Gasteiger partial charge in [-0.05, 0) is 25.0 Å². The summed E-state index contributed by atoms with van der Waals surface area (Å²) in [5.74, 6) is 0.905. The standard InChI is InChI=1S/C13H18N2O2/c1-10(2)9-16-6-7-17-13-12(8-14)5-4-11(3)15-13/h4-5,10H,6-7,9H2,1-3H3. The molecule has 17 heavy (non-hydrogen) atoms. The number of hydrogen-bond donors (Lipinski definition) is 0. The molecule has 4 nitrogen and oxygen atoms in total. The smallest absolute Gasteiger partial charge is 0.231 e. The first-order chi connectivity index (χ1) is 8.13. The van der Waals surface area contributed by atoms with Crippen molar-refractivity contribution in [3.05, 3.63) is 23.4 Å². The molecule has 0 aliphatic heterocycles. The van der Waals surface area contributed by atoms with Gasteiger partial charge in [0.25, 0.3) is 0 Å². The number of rotatable bonds is 6. The van der Waals surface area contributed by atoms with Crippen molar-refractivity contribution in [3.63, 3.8) is 0 Å². The summed E-state index contributed by atoms with van der Waals surface area (Å²) in [5.41, 5.74) is 1.29. The van der Waals surface area contributed by atoms with Gasteiger partial charge in [-0.2, -0.15) is 5.26 Å². The second-order valence-electron chi connectivity index (χ2n) is 4.23. The number of aryl methyl sites for hydroxylation is 1. The van der Waals surface area contributed by atoms with Crippen molar-refractivity contribution in [2.75, 3.05) is 19.8 Å². The van der Waals surface area contributed by atoms with Crippen molar-refractivity contribution < 1.29 is 9.47 Å². The van der Waals surface area contributed by atoms with E-state index in [1.807, 2.05) is 6.92 Å². The minimum absolute atomic E-state index is 0.389. The van der Waals surface area contributed by atoms with E-state index in [0.717, 1.165) is 12.3 Å². The van der Waals surface area contributed by atoms with Crippen LogP contribution in [0.25, 0.3) is 0 Å². The molecule has 0 N–H and O–H groups in total. The van der Waals surface area contributed by atoms with Gasteiger partial charge in [0.1, 0.15) is 18.2 Å². The molecule has 0 amide bonds. The molecular formula is C13H18N2O2. The van der Waals surface area contributed by atoms with E-state index >= 15 is 0 Å². The maximum atomic E-state index is 8.88. The average Bonchev–Trinajstić information content (AvgIpc) is 2.28. The fourth-order valence-corrected chi connectivity index (χ4v) is 1.24. The van der Waals surface area contributed by atoms with E-state index in [9.17, 15) is 0 Å². The molecular weight excluding hydrogens is 216 g/mol. The van der Waals surface area contributed by atoms with Crippen molar-refractivity contribution in [3.8, 4) is 11.9 Å². The number of nitriles is 1. The molecule has 0 aromatic carbocycles. The average molecular weight is 234 g/mol. The number of nitrogens with zero attached hydrogens (tertiary/aromatic N) is 2. The molecule has 0 radical (unpaired) electrons. The third kappa shape index (κ3) is 4.83. The molecule has 1 aromatic heterocycles. The van der Waals surface area contributed by atoms with Crippen LogP contribution in [-0.2, 0) is 4.74 Å². The lowest BCUT2D eigenvalue weighted by atomic mass is 10.2. The number of ether oxygens (including phenoxy) is 2. The molecule has 0 bridgehead atoms. The van der Waals surface area contributed by atoms with Crippen molar-refractivity contribution in [2.45, 2.75) is 20.8 Å². The van der Waals surface area contributed by atoms with Gasteiger partial charge in [0.2, 0.25) is 5.88 Å². The predicted molar refractivity (Wildman–Crippen MR) is 64.8 cm³/mol. The Kier molecular flexibility index (Phi) is 5.44. The zero-order valence-electron chi connectivity index (χ0n) is 10.6. The van der Waals surface area contributed by atoms with Crippen molar-refractivity contribution in [1.29, 1.82) is 5.26 Å². The van der Waals surface area contributed by atoms with E-state index in [-0.39, 0.29) is 0 Å². The Morgan fingerprint density at radius 1 is 1.35 bits per heavy atom. The molecule has 0 spiro atoms. The molecule has 4 heteroatoms. The molecule has 0 saturated heterocycles. The van der Waals surface area contributed by atoms with Gasteiger partial charge >= 0.3 is 0 Å². The Morgan fingerprint density at radius 3 is 2.76 bits per heavy atom. The van der Waals surface area contributed by atoms with E-state index in [1.54, 1.807) is 12.1 Å². The van der Waals surface area contributed by atoms with Gasteiger partial charge < -0.3 is 9.47 Å². The topological polar surface area (TPSA) is 55.1 Å². The Morgan fingerprint density at radius 2 is 2.12 bits per heavy atom. The summed E-state index contributed by atoms with van der Waals surface area (Å²) in [6.07, 6.45) is 0. The number of pyridine rings is 1. The van der Waals surface area contributed by atoms with Crippen LogP contribution >= 0.6 is 0 Å². The number of aromatic nitrogens is 1. The van der Waals surface area contributed by atoms with Crippen LogP contribution in [0.3, 0.4) is 0 Å². The lowest BCUT2D eigenvalue weighted by molar-refractivity contribution is 0.0805. The van der Waals surface area contributed by atoms with Crippen molar-refractivity contribution >= 4 is 0 Å². The monoisotopic (exact) mass is 234 g/mol.